The van der Waals surface area contributed by atoms with Gasteiger partial charge in [-0.25, -0.2) is 9.97 Å². The predicted octanol–water partition coefficient (Wildman–Crippen LogP) is 3.74. The smallest absolute Gasteiger partial charge is 0.491 e. The molecule has 5 heterocycles. The van der Waals surface area contributed by atoms with E-state index < -0.39 is 24.5 Å². The number of pyridine rings is 1. The van der Waals surface area contributed by atoms with E-state index in [9.17, 15) is 18.0 Å². The fourth-order valence-corrected chi connectivity index (χ4v) is 5.27. The molecule has 3 aromatic heterocycles. The number of rotatable bonds is 4. The van der Waals surface area contributed by atoms with E-state index in [-0.39, 0.29) is 24.8 Å². The number of anilines is 1. The SMILES string of the molecule is O=C1N(Cc2ccc(C(F)(F)F)o2)c2ccccc2C12COc1ccc(-c3ccncc3)cc12.OB(O)c1cncnc1. The van der Waals surface area contributed by atoms with Crippen molar-refractivity contribution in [2.75, 3.05) is 11.5 Å². The van der Waals surface area contributed by atoms with Gasteiger partial charge in [0.1, 0.15) is 29.9 Å². The minimum atomic E-state index is -4.59. The number of aromatic nitrogens is 3. The van der Waals surface area contributed by atoms with Crippen LogP contribution in [0.2, 0.25) is 0 Å². The Labute approximate surface area is 243 Å². The van der Waals surface area contributed by atoms with Gasteiger partial charge in [-0.15, -0.1) is 0 Å². The van der Waals surface area contributed by atoms with E-state index in [1.165, 1.54) is 29.7 Å². The zero-order valence-corrected chi connectivity index (χ0v) is 22.3. The highest BCUT2D eigenvalue weighted by Gasteiger charge is 2.57. The summed E-state index contributed by atoms with van der Waals surface area (Å²) in [5.41, 5.74) is 3.20. The zero-order chi connectivity index (χ0) is 30.2. The topological polar surface area (TPSA) is 122 Å². The Morgan fingerprint density at radius 2 is 1.65 bits per heavy atom. The van der Waals surface area contributed by atoms with Crippen LogP contribution >= 0.6 is 0 Å². The average molecular weight is 586 g/mol. The maximum Gasteiger partial charge on any atom is 0.491 e. The molecule has 1 amide bonds. The second-order valence-corrected chi connectivity index (χ2v) is 9.86. The first-order valence-electron chi connectivity index (χ1n) is 13.0. The van der Waals surface area contributed by atoms with Gasteiger partial charge in [-0.1, -0.05) is 24.3 Å². The van der Waals surface area contributed by atoms with Gasteiger partial charge < -0.3 is 24.1 Å². The van der Waals surface area contributed by atoms with Gasteiger partial charge in [0.05, 0.1) is 6.54 Å². The van der Waals surface area contributed by atoms with Crippen molar-refractivity contribution in [3.63, 3.8) is 0 Å². The lowest BCUT2D eigenvalue weighted by Crippen LogP contribution is -2.42. The van der Waals surface area contributed by atoms with Crippen LogP contribution in [0.5, 0.6) is 5.75 Å². The standard InChI is InChI=1S/C26H17F3N2O3.C4H5BN2O2/c27-26(28,29)23-8-6-18(34-23)14-31-21-4-2-1-3-19(21)25(24(31)32)15-33-22-7-5-17(13-20(22)25)16-9-11-30-12-10-16;8-5(9)4-1-6-3-7-2-4/h1-13H,14-15H2;1-3,8-9H. The average Bonchev–Trinajstić information content (AvgIpc) is 3.72. The fraction of sp³-hybridized carbons (Fsp3) is 0.133. The van der Waals surface area contributed by atoms with Crippen LogP contribution in [0.1, 0.15) is 22.6 Å². The normalized spacial score (nSPS) is 16.8. The summed E-state index contributed by atoms with van der Waals surface area (Å²) in [6, 6.07) is 18.9. The number of alkyl halides is 3. The van der Waals surface area contributed by atoms with Crippen LogP contribution < -0.4 is 15.1 Å². The molecule has 7 rings (SSSR count). The van der Waals surface area contributed by atoms with Crippen molar-refractivity contribution in [2.24, 2.45) is 0 Å². The molecule has 1 spiro atoms. The summed E-state index contributed by atoms with van der Waals surface area (Å²) in [6.07, 6.45) is 2.82. The molecule has 0 radical (unpaired) electrons. The Morgan fingerprint density at radius 1 is 0.907 bits per heavy atom. The Morgan fingerprint density at radius 3 is 2.33 bits per heavy atom. The van der Waals surface area contributed by atoms with Crippen LogP contribution in [0, 0.1) is 0 Å². The maximum absolute atomic E-state index is 14.0. The molecular formula is C30H22BF3N4O5. The predicted molar refractivity (Wildman–Crippen MR) is 149 cm³/mol. The second kappa shape index (κ2) is 11.0. The largest absolute Gasteiger partial charge is 0.491 e. The molecule has 13 heteroatoms. The Bertz CT molecular complexity index is 1770. The number of halogens is 3. The zero-order valence-electron chi connectivity index (χ0n) is 22.3. The maximum atomic E-state index is 14.0. The van der Waals surface area contributed by atoms with E-state index in [0.717, 1.165) is 28.3 Å². The van der Waals surface area contributed by atoms with Gasteiger partial charge in [0.15, 0.2) is 0 Å². The summed E-state index contributed by atoms with van der Waals surface area (Å²) in [6.45, 7) is -0.00646. The van der Waals surface area contributed by atoms with Gasteiger partial charge in [0.25, 0.3) is 0 Å². The van der Waals surface area contributed by atoms with Gasteiger partial charge in [-0.2, -0.15) is 13.2 Å². The molecule has 2 aliphatic rings. The number of para-hydroxylation sites is 1. The lowest BCUT2D eigenvalue weighted by Gasteiger charge is -2.23. The van der Waals surface area contributed by atoms with Crippen molar-refractivity contribution >= 4 is 24.2 Å². The second-order valence-electron chi connectivity index (χ2n) is 9.86. The highest BCUT2D eigenvalue weighted by molar-refractivity contribution is 6.58. The molecule has 216 valence electrons. The summed E-state index contributed by atoms with van der Waals surface area (Å²) >= 11 is 0. The van der Waals surface area contributed by atoms with Crippen LogP contribution in [0.3, 0.4) is 0 Å². The van der Waals surface area contributed by atoms with Crippen molar-refractivity contribution in [1.29, 1.82) is 0 Å². The van der Waals surface area contributed by atoms with E-state index in [0.29, 0.717) is 16.9 Å². The molecule has 43 heavy (non-hydrogen) atoms. The lowest BCUT2D eigenvalue weighted by atomic mass is 9.76. The third kappa shape index (κ3) is 5.13. The van der Waals surface area contributed by atoms with Crippen LogP contribution in [0.25, 0.3) is 11.1 Å². The van der Waals surface area contributed by atoms with E-state index in [2.05, 4.69) is 15.0 Å². The summed E-state index contributed by atoms with van der Waals surface area (Å²) < 4.78 is 50.0. The molecule has 9 nitrogen and oxygen atoms in total. The molecule has 0 saturated carbocycles. The minimum absolute atomic E-state index is 0.0530. The molecule has 0 bridgehead atoms. The van der Waals surface area contributed by atoms with Crippen molar-refractivity contribution in [2.45, 2.75) is 18.1 Å². The van der Waals surface area contributed by atoms with Crippen molar-refractivity contribution < 1.29 is 37.2 Å². The number of furan rings is 1. The summed E-state index contributed by atoms with van der Waals surface area (Å²) in [7, 11) is -1.47. The summed E-state index contributed by atoms with van der Waals surface area (Å²) in [5, 5.41) is 17.0. The van der Waals surface area contributed by atoms with Crippen LogP contribution in [0.15, 0.2) is 102 Å². The summed E-state index contributed by atoms with van der Waals surface area (Å²) in [4.78, 5) is 26.7. The molecule has 5 aromatic rings. The van der Waals surface area contributed by atoms with Crippen molar-refractivity contribution in [3.05, 3.63) is 120 Å². The molecular weight excluding hydrogens is 564 g/mol. The van der Waals surface area contributed by atoms with Crippen LogP contribution in [-0.4, -0.2) is 44.6 Å². The number of carbonyl (C=O) groups excluding carboxylic acids is 1. The monoisotopic (exact) mass is 586 g/mol. The number of hydrogen-bond donors (Lipinski definition) is 2. The van der Waals surface area contributed by atoms with Gasteiger partial charge in [0.2, 0.25) is 11.7 Å². The quantitative estimate of drug-likeness (QED) is 0.306. The first-order chi connectivity index (χ1) is 20.7. The molecule has 2 aromatic carbocycles. The fourth-order valence-electron chi connectivity index (χ4n) is 5.27. The number of carbonyl (C=O) groups is 1. The van der Waals surface area contributed by atoms with Crippen LogP contribution in [-0.2, 0) is 22.9 Å². The molecule has 1 unspecified atom stereocenters. The highest BCUT2D eigenvalue weighted by Crippen LogP contribution is 2.53. The van der Waals surface area contributed by atoms with Crippen LogP contribution in [0.4, 0.5) is 18.9 Å². The van der Waals surface area contributed by atoms with Crippen molar-refractivity contribution in [1.82, 2.24) is 15.0 Å². The summed E-state index contributed by atoms with van der Waals surface area (Å²) in [5.74, 6) is -0.685. The lowest BCUT2D eigenvalue weighted by molar-refractivity contribution is -0.153. The Balaban J connectivity index is 0.000000315. The number of fused-ring (bicyclic) bond motifs is 4. The van der Waals surface area contributed by atoms with Gasteiger partial charge >= 0.3 is 13.3 Å². The molecule has 0 saturated heterocycles. The third-order valence-electron chi connectivity index (χ3n) is 7.30. The first-order valence-corrected chi connectivity index (χ1v) is 13.0. The van der Waals surface area contributed by atoms with E-state index in [1.54, 1.807) is 24.5 Å². The van der Waals surface area contributed by atoms with E-state index in [4.69, 9.17) is 19.2 Å². The molecule has 2 N–H and O–H groups in total. The minimum Gasteiger partial charge on any atom is -0.491 e. The first kappa shape index (κ1) is 28.1. The van der Waals surface area contributed by atoms with Gasteiger partial charge in [-0.05, 0) is 59.2 Å². The number of nitrogens with zero attached hydrogens (tertiary/aromatic N) is 4. The molecule has 2 aliphatic heterocycles. The molecule has 0 aliphatic carbocycles. The molecule has 0 fully saturated rings. The Hall–Kier alpha value is -5.01. The number of hydrogen-bond acceptors (Lipinski definition) is 8. The van der Waals surface area contributed by atoms with E-state index in [1.807, 2.05) is 42.5 Å². The number of amides is 1. The number of benzene rings is 2. The Kier molecular flexibility index (Phi) is 7.20. The third-order valence-corrected chi connectivity index (χ3v) is 7.30. The molecule has 1 atom stereocenters. The van der Waals surface area contributed by atoms with Crippen molar-refractivity contribution in [3.8, 4) is 16.9 Å². The van der Waals surface area contributed by atoms with E-state index >= 15 is 0 Å². The van der Waals surface area contributed by atoms with Gasteiger partial charge in [-0.3, -0.25) is 9.78 Å². The number of ether oxygens (including phenoxy) is 1. The van der Waals surface area contributed by atoms with Gasteiger partial charge in [0, 0.05) is 41.5 Å². The highest BCUT2D eigenvalue weighted by atomic mass is 19.4.